The van der Waals surface area contributed by atoms with Gasteiger partial charge in [-0.05, 0) is 17.8 Å². The van der Waals surface area contributed by atoms with Crippen LogP contribution in [0.2, 0.25) is 0 Å². The number of hydrogen-bond acceptors (Lipinski definition) is 5. The second-order valence-electron chi connectivity index (χ2n) is 4.17. The molecule has 0 aliphatic heterocycles. The highest BCUT2D eigenvalue weighted by Gasteiger charge is 2.32. The van der Waals surface area contributed by atoms with Gasteiger partial charge in [0.1, 0.15) is 6.54 Å². The molecular weight excluding hydrogens is 240 g/mol. The lowest BCUT2D eigenvalue weighted by Gasteiger charge is -2.20. The molecule has 8 heteroatoms. The number of nitro groups is 1. The zero-order chi connectivity index (χ0) is 13.1. The summed E-state index contributed by atoms with van der Waals surface area (Å²) < 4.78 is 1.24. The number of carbonyl (C=O) groups is 1. The second kappa shape index (κ2) is 5.13. The van der Waals surface area contributed by atoms with Crippen molar-refractivity contribution in [2.45, 2.75) is 25.4 Å². The van der Waals surface area contributed by atoms with Crippen LogP contribution in [0.1, 0.15) is 12.8 Å². The zero-order valence-corrected chi connectivity index (χ0v) is 9.73. The number of carbonyl (C=O) groups excluding carboxylic acids is 1. The maximum atomic E-state index is 11.9. The molecule has 0 unspecified atom stereocenters. The van der Waals surface area contributed by atoms with Crippen LogP contribution >= 0.6 is 0 Å². The maximum Gasteiger partial charge on any atom is 0.389 e. The molecule has 0 saturated heterocycles. The Balaban J connectivity index is 1.98. The molecule has 98 valence electrons. The molecule has 1 heterocycles. The van der Waals surface area contributed by atoms with Gasteiger partial charge in [0.05, 0.1) is 24.0 Å². The van der Waals surface area contributed by atoms with Crippen LogP contribution in [0.3, 0.4) is 0 Å². The van der Waals surface area contributed by atoms with Crippen molar-refractivity contribution in [1.82, 2.24) is 14.7 Å². The Bertz CT molecular complexity index is 454. The molecule has 8 nitrogen and oxygen atoms in total. The highest BCUT2D eigenvalue weighted by Crippen LogP contribution is 2.26. The molecule has 1 fully saturated rings. The van der Waals surface area contributed by atoms with Crippen molar-refractivity contribution in [1.29, 1.82) is 0 Å². The summed E-state index contributed by atoms with van der Waals surface area (Å²) in [7, 11) is 0. The molecule has 1 N–H and O–H groups in total. The van der Waals surface area contributed by atoms with Gasteiger partial charge < -0.3 is 20.1 Å². The quantitative estimate of drug-likeness (QED) is 0.558. The molecule has 18 heavy (non-hydrogen) atoms. The van der Waals surface area contributed by atoms with Crippen LogP contribution in [-0.4, -0.2) is 49.8 Å². The average molecular weight is 254 g/mol. The van der Waals surface area contributed by atoms with Crippen molar-refractivity contribution < 1.29 is 14.8 Å². The van der Waals surface area contributed by atoms with Crippen molar-refractivity contribution >= 4 is 11.7 Å². The van der Waals surface area contributed by atoms with Gasteiger partial charge in [0.2, 0.25) is 5.91 Å². The third kappa shape index (κ3) is 2.83. The lowest BCUT2D eigenvalue weighted by molar-refractivity contribution is -0.389. The molecule has 1 aliphatic carbocycles. The molecule has 1 aliphatic rings. The van der Waals surface area contributed by atoms with Crippen LogP contribution in [0.15, 0.2) is 12.3 Å². The summed E-state index contributed by atoms with van der Waals surface area (Å²) in [6, 6.07) is 1.45. The van der Waals surface area contributed by atoms with E-state index in [1.807, 2.05) is 0 Å². The van der Waals surface area contributed by atoms with Crippen LogP contribution in [0.25, 0.3) is 0 Å². The van der Waals surface area contributed by atoms with Crippen LogP contribution in [0.5, 0.6) is 0 Å². The monoisotopic (exact) mass is 254 g/mol. The third-order valence-electron chi connectivity index (χ3n) is 2.76. The highest BCUT2D eigenvalue weighted by atomic mass is 16.6. The summed E-state index contributed by atoms with van der Waals surface area (Å²) in [6.07, 6.45) is 3.30. The number of nitrogens with zero attached hydrogens (tertiary/aromatic N) is 4. The summed E-state index contributed by atoms with van der Waals surface area (Å²) >= 11 is 0. The normalized spacial score (nSPS) is 14.5. The molecule has 0 radical (unpaired) electrons. The van der Waals surface area contributed by atoms with Gasteiger partial charge in [-0.3, -0.25) is 4.79 Å². The topological polar surface area (TPSA) is 102 Å². The molecule has 1 aromatic heterocycles. The molecule has 0 aromatic carbocycles. The van der Waals surface area contributed by atoms with E-state index in [1.165, 1.54) is 16.9 Å². The summed E-state index contributed by atoms with van der Waals surface area (Å²) in [5.41, 5.74) is 0. The Hall–Kier alpha value is -1.96. The Morgan fingerprint density at radius 1 is 1.67 bits per heavy atom. The Kier molecular flexibility index (Phi) is 3.56. The zero-order valence-electron chi connectivity index (χ0n) is 9.73. The average Bonchev–Trinajstić information content (AvgIpc) is 3.05. The molecule has 1 amide bonds. The van der Waals surface area contributed by atoms with Gasteiger partial charge in [0, 0.05) is 12.6 Å². The smallest absolute Gasteiger partial charge is 0.389 e. The molecule has 1 aromatic rings. The second-order valence-corrected chi connectivity index (χ2v) is 4.17. The fourth-order valence-electron chi connectivity index (χ4n) is 1.77. The molecule has 2 rings (SSSR count). The van der Waals surface area contributed by atoms with Crippen molar-refractivity contribution in [2.24, 2.45) is 0 Å². The lowest BCUT2D eigenvalue weighted by atomic mass is 10.4. The van der Waals surface area contributed by atoms with E-state index >= 15 is 0 Å². The molecule has 1 saturated carbocycles. The number of aromatic nitrogens is 2. The number of rotatable bonds is 6. The van der Waals surface area contributed by atoms with Gasteiger partial charge in [0.15, 0.2) is 0 Å². The third-order valence-corrected chi connectivity index (χ3v) is 2.76. The summed E-state index contributed by atoms with van der Waals surface area (Å²) in [6.45, 7) is 0.179. The predicted octanol–water partition coefficient (Wildman–Crippen LogP) is -0.225. The Labute approximate surface area is 103 Å². The van der Waals surface area contributed by atoms with E-state index in [0.29, 0.717) is 6.54 Å². The first-order chi connectivity index (χ1) is 8.61. The first-order valence-corrected chi connectivity index (χ1v) is 5.70. The number of hydrogen-bond donors (Lipinski definition) is 1. The van der Waals surface area contributed by atoms with Gasteiger partial charge in [-0.15, -0.1) is 0 Å². The van der Waals surface area contributed by atoms with Crippen molar-refractivity contribution in [2.75, 3.05) is 13.2 Å². The first-order valence-electron chi connectivity index (χ1n) is 5.70. The van der Waals surface area contributed by atoms with Crippen LogP contribution in [0, 0.1) is 10.1 Å². The van der Waals surface area contributed by atoms with Gasteiger partial charge in [-0.1, -0.05) is 0 Å². The van der Waals surface area contributed by atoms with Crippen LogP contribution in [0.4, 0.5) is 5.82 Å². The standard InChI is InChI=1S/C10H14N4O4/c15-6-5-13(8-1-2-8)10(16)7-12-4-3-9(11-12)14(17)18/h3-4,8,15H,1-2,5-7H2. The molecular formula is C10H14N4O4. The van der Waals surface area contributed by atoms with E-state index in [0.717, 1.165) is 12.8 Å². The first kappa shape index (κ1) is 12.5. The number of amides is 1. The Morgan fingerprint density at radius 2 is 2.39 bits per heavy atom. The predicted molar refractivity (Wildman–Crippen MR) is 60.7 cm³/mol. The summed E-state index contributed by atoms with van der Waals surface area (Å²) in [5, 5.41) is 23.0. The van der Waals surface area contributed by atoms with E-state index in [2.05, 4.69) is 5.10 Å². The van der Waals surface area contributed by atoms with Gasteiger partial charge >= 0.3 is 5.82 Å². The Morgan fingerprint density at radius 3 is 2.89 bits per heavy atom. The minimum Gasteiger partial charge on any atom is -0.395 e. The van der Waals surface area contributed by atoms with E-state index in [9.17, 15) is 14.9 Å². The van der Waals surface area contributed by atoms with Crippen LogP contribution in [-0.2, 0) is 11.3 Å². The fourth-order valence-corrected chi connectivity index (χ4v) is 1.77. The van der Waals surface area contributed by atoms with Gasteiger partial charge in [0.25, 0.3) is 0 Å². The minimum atomic E-state index is -0.604. The van der Waals surface area contributed by atoms with E-state index in [4.69, 9.17) is 5.11 Å². The van der Waals surface area contributed by atoms with E-state index in [-0.39, 0.29) is 30.9 Å². The largest absolute Gasteiger partial charge is 0.395 e. The van der Waals surface area contributed by atoms with Crippen molar-refractivity contribution in [3.05, 3.63) is 22.4 Å². The maximum absolute atomic E-state index is 11.9. The van der Waals surface area contributed by atoms with Crippen molar-refractivity contribution in [3.63, 3.8) is 0 Å². The van der Waals surface area contributed by atoms with E-state index < -0.39 is 4.92 Å². The molecule has 0 atom stereocenters. The minimum absolute atomic E-state index is 0.0374. The van der Waals surface area contributed by atoms with Gasteiger partial charge in [-0.2, -0.15) is 4.68 Å². The summed E-state index contributed by atoms with van der Waals surface area (Å²) in [5.74, 6) is -0.451. The fraction of sp³-hybridized carbons (Fsp3) is 0.600. The van der Waals surface area contributed by atoms with Crippen LogP contribution < -0.4 is 0 Å². The molecule has 0 bridgehead atoms. The van der Waals surface area contributed by atoms with Crippen molar-refractivity contribution in [3.8, 4) is 0 Å². The van der Waals surface area contributed by atoms with E-state index in [1.54, 1.807) is 4.90 Å². The number of aliphatic hydroxyl groups is 1. The highest BCUT2D eigenvalue weighted by molar-refractivity contribution is 5.76. The van der Waals surface area contributed by atoms with Gasteiger partial charge in [-0.25, -0.2) is 0 Å². The lowest BCUT2D eigenvalue weighted by Crippen LogP contribution is -2.37. The summed E-state index contributed by atoms with van der Waals surface area (Å²) in [4.78, 5) is 23.4. The number of aliphatic hydroxyl groups excluding tert-OH is 1. The molecule has 0 spiro atoms. The SMILES string of the molecule is O=C(Cn1ccc([N+](=O)[O-])n1)N(CCO)C1CC1.